The van der Waals surface area contributed by atoms with Crippen molar-refractivity contribution in [2.75, 3.05) is 0 Å². The highest BCUT2D eigenvalue weighted by atomic mass is 79.9. The zero-order valence-corrected chi connectivity index (χ0v) is 11.5. The summed E-state index contributed by atoms with van der Waals surface area (Å²) in [5.74, 6) is 0. The van der Waals surface area contributed by atoms with E-state index in [1.807, 2.05) is 13.1 Å². The van der Waals surface area contributed by atoms with Gasteiger partial charge in [-0.2, -0.15) is 0 Å². The topological polar surface area (TPSA) is 38.9 Å². The van der Waals surface area contributed by atoms with Gasteiger partial charge in [0.2, 0.25) is 0 Å². The third-order valence-electron chi connectivity index (χ3n) is 2.18. The van der Waals surface area contributed by atoms with Gasteiger partial charge in [-0.1, -0.05) is 13.3 Å². The quantitative estimate of drug-likeness (QED) is 0.921. The number of rotatable bonds is 3. The van der Waals surface area contributed by atoms with Crippen LogP contribution in [0.3, 0.4) is 0 Å². The molecule has 0 aliphatic carbocycles. The Hall–Kier alpha value is 0.0700. The molecule has 0 amide bonds. The zero-order valence-electron chi connectivity index (χ0n) is 8.35. The molecule has 0 saturated carbocycles. The van der Waals surface area contributed by atoms with Crippen LogP contribution in [-0.2, 0) is 0 Å². The van der Waals surface area contributed by atoms with Crippen molar-refractivity contribution in [1.82, 2.24) is 4.98 Å². The van der Waals surface area contributed by atoms with E-state index in [0.717, 1.165) is 33.0 Å². The van der Waals surface area contributed by atoms with E-state index >= 15 is 0 Å². The smallest absolute Gasteiger partial charge is 0.0716 e. The highest BCUT2D eigenvalue weighted by Gasteiger charge is 2.13. The molecule has 4 heteroatoms. The molecular weight excluding hydrogens is 308 g/mol. The SMILES string of the molecule is CCCC(N)c1ncc(Br)c(C)c1Br. The second kappa shape index (κ2) is 5.24. The summed E-state index contributed by atoms with van der Waals surface area (Å²) < 4.78 is 2.03. The molecule has 0 fully saturated rings. The van der Waals surface area contributed by atoms with Crippen LogP contribution in [0.15, 0.2) is 15.1 Å². The second-order valence-electron chi connectivity index (χ2n) is 3.33. The lowest BCUT2D eigenvalue weighted by atomic mass is 10.1. The van der Waals surface area contributed by atoms with Crippen molar-refractivity contribution < 1.29 is 0 Å². The van der Waals surface area contributed by atoms with Gasteiger partial charge in [-0.05, 0) is 50.8 Å². The van der Waals surface area contributed by atoms with Crippen LogP contribution in [0.2, 0.25) is 0 Å². The van der Waals surface area contributed by atoms with Crippen LogP contribution in [0.5, 0.6) is 0 Å². The molecule has 78 valence electrons. The summed E-state index contributed by atoms with van der Waals surface area (Å²) in [6.07, 6.45) is 3.85. The maximum Gasteiger partial charge on any atom is 0.0716 e. The first-order valence-electron chi connectivity index (χ1n) is 4.64. The van der Waals surface area contributed by atoms with E-state index in [4.69, 9.17) is 5.73 Å². The van der Waals surface area contributed by atoms with E-state index in [-0.39, 0.29) is 6.04 Å². The molecule has 2 N–H and O–H groups in total. The molecule has 0 saturated heterocycles. The van der Waals surface area contributed by atoms with Gasteiger partial charge in [-0.25, -0.2) is 0 Å². The average Bonchev–Trinajstić information content (AvgIpc) is 2.15. The Morgan fingerprint density at radius 3 is 2.71 bits per heavy atom. The monoisotopic (exact) mass is 320 g/mol. The summed E-state index contributed by atoms with van der Waals surface area (Å²) in [6, 6.07) is 0.0289. The van der Waals surface area contributed by atoms with Gasteiger partial charge in [0.15, 0.2) is 0 Å². The minimum atomic E-state index is 0.0289. The third kappa shape index (κ3) is 2.55. The molecule has 0 aromatic carbocycles. The Labute approximate surface area is 102 Å². The number of hydrogen-bond acceptors (Lipinski definition) is 2. The van der Waals surface area contributed by atoms with Crippen LogP contribution in [0, 0.1) is 6.92 Å². The first-order valence-corrected chi connectivity index (χ1v) is 6.22. The number of pyridine rings is 1. The third-order valence-corrected chi connectivity index (χ3v) is 3.98. The summed E-state index contributed by atoms with van der Waals surface area (Å²) >= 11 is 6.96. The predicted molar refractivity (Wildman–Crippen MR) is 66.2 cm³/mol. The van der Waals surface area contributed by atoms with Crippen molar-refractivity contribution in [2.45, 2.75) is 32.7 Å². The molecule has 1 atom stereocenters. The fourth-order valence-corrected chi connectivity index (χ4v) is 2.46. The van der Waals surface area contributed by atoms with E-state index in [2.05, 4.69) is 43.8 Å². The summed E-state index contributed by atoms with van der Waals surface area (Å²) in [4.78, 5) is 4.34. The minimum Gasteiger partial charge on any atom is -0.323 e. The molecule has 1 aromatic rings. The molecule has 0 spiro atoms. The van der Waals surface area contributed by atoms with Gasteiger partial charge in [0.05, 0.1) is 5.69 Å². The lowest BCUT2D eigenvalue weighted by molar-refractivity contribution is 0.618. The Balaban J connectivity index is 3.04. The molecule has 14 heavy (non-hydrogen) atoms. The van der Waals surface area contributed by atoms with E-state index < -0.39 is 0 Å². The lowest BCUT2D eigenvalue weighted by Gasteiger charge is -2.13. The van der Waals surface area contributed by atoms with Gasteiger partial charge in [-0.3, -0.25) is 4.98 Å². The number of hydrogen-bond donors (Lipinski definition) is 1. The molecule has 1 heterocycles. The Morgan fingerprint density at radius 1 is 1.50 bits per heavy atom. The van der Waals surface area contributed by atoms with E-state index in [9.17, 15) is 0 Å². The lowest BCUT2D eigenvalue weighted by Crippen LogP contribution is -2.13. The van der Waals surface area contributed by atoms with Crippen LogP contribution in [-0.4, -0.2) is 4.98 Å². The first-order chi connectivity index (χ1) is 6.57. The zero-order chi connectivity index (χ0) is 10.7. The van der Waals surface area contributed by atoms with Gasteiger partial charge in [-0.15, -0.1) is 0 Å². The van der Waals surface area contributed by atoms with Crippen molar-refractivity contribution in [1.29, 1.82) is 0 Å². The Kier molecular flexibility index (Phi) is 4.54. The number of nitrogens with two attached hydrogens (primary N) is 1. The van der Waals surface area contributed by atoms with Crippen molar-refractivity contribution in [3.63, 3.8) is 0 Å². The normalized spacial score (nSPS) is 12.9. The first kappa shape index (κ1) is 12.1. The molecule has 0 bridgehead atoms. The van der Waals surface area contributed by atoms with Crippen LogP contribution in [0.25, 0.3) is 0 Å². The van der Waals surface area contributed by atoms with E-state index in [1.54, 1.807) is 0 Å². The fourth-order valence-electron chi connectivity index (χ4n) is 1.28. The van der Waals surface area contributed by atoms with E-state index in [0.29, 0.717) is 0 Å². The average molecular weight is 322 g/mol. The number of nitrogens with zero attached hydrogens (tertiary/aromatic N) is 1. The van der Waals surface area contributed by atoms with Crippen LogP contribution >= 0.6 is 31.9 Å². The summed E-state index contributed by atoms with van der Waals surface area (Å²) in [5, 5.41) is 0. The summed E-state index contributed by atoms with van der Waals surface area (Å²) in [7, 11) is 0. The second-order valence-corrected chi connectivity index (χ2v) is 4.97. The largest absolute Gasteiger partial charge is 0.323 e. The summed E-state index contributed by atoms with van der Waals surface area (Å²) in [6.45, 7) is 4.16. The van der Waals surface area contributed by atoms with Crippen LogP contribution in [0.4, 0.5) is 0 Å². The molecule has 1 aromatic heterocycles. The molecule has 1 rings (SSSR count). The highest BCUT2D eigenvalue weighted by Crippen LogP contribution is 2.30. The predicted octanol–water partition coefficient (Wildman–Crippen LogP) is 3.71. The van der Waals surface area contributed by atoms with Gasteiger partial charge in [0.25, 0.3) is 0 Å². The van der Waals surface area contributed by atoms with Crippen molar-refractivity contribution >= 4 is 31.9 Å². The van der Waals surface area contributed by atoms with Gasteiger partial charge in [0, 0.05) is 21.2 Å². The van der Waals surface area contributed by atoms with Gasteiger partial charge in [0.1, 0.15) is 0 Å². The minimum absolute atomic E-state index is 0.0289. The maximum atomic E-state index is 6.02. The van der Waals surface area contributed by atoms with Crippen LogP contribution in [0.1, 0.15) is 37.1 Å². The standard InChI is InChI=1S/C10H14Br2N2/c1-3-4-8(13)10-9(12)6(2)7(11)5-14-10/h5,8H,3-4,13H2,1-2H3. The molecule has 0 aliphatic heterocycles. The van der Waals surface area contributed by atoms with Gasteiger partial charge >= 0.3 is 0 Å². The van der Waals surface area contributed by atoms with Gasteiger partial charge < -0.3 is 5.73 Å². The number of halogens is 2. The fraction of sp³-hybridized carbons (Fsp3) is 0.500. The number of aromatic nitrogens is 1. The Morgan fingerprint density at radius 2 is 2.14 bits per heavy atom. The summed E-state index contributed by atoms with van der Waals surface area (Å²) in [5.41, 5.74) is 8.12. The van der Waals surface area contributed by atoms with Crippen molar-refractivity contribution in [3.05, 3.63) is 26.4 Å². The molecule has 1 unspecified atom stereocenters. The molecule has 2 nitrogen and oxygen atoms in total. The van der Waals surface area contributed by atoms with Crippen molar-refractivity contribution in [2.24, 2.45) is 5.73 Å². The maximum absolute atomic E-state index is 6.02. The molecular formula is C10H14Br2N2. The van der Waals surface area contributed by atoms with Crippen LogP contribution < -0.4 is 5.73 Å². The highest BCUT2D eigenvalue weighted by molar-refractivity contribution is 9.11. The molecule has 0 aliphatic rings. The molecule has 0 radical (unpaired) electrons. The van der Waals surface area contributed by atoms with E-state index in [1.165, 1.54) is 0 Å². The van der Waals surface area contributed by atoms with Crippen molar-refractivity contribution in [3.8, 4) is 0 Å². The Bertz CT molecular complexity index is 326.